The largest absolute Gasteiger partial charge is 0.368 e. The topological polar surface area (TPSA) is 82.2 Å². The van der Waals surface area contributed by atoms with Gasteiger partial charge in [0.25, 0.3) is 5.91 Å². The van der Waals surface area contributed by atoms with E-state index in [0.717, 1.165) is 38.4 Å². The maximum atomic E-state index is 14.1. The molecule has 204 valence electrons. The van der Waals surface area contributed by atoms with Crippen LogP contribution in [-0.4, -0.2) is 91.5 Å². The number of likely N-dealkylation sites (tertiary alicyclic amines) is 1. The summed E-state index contributed by atoms with van der Waals surface area (Å²) in [6, 6.07) is 6.34. The Kier molecular flexibility index (Phi) is 8.29. The number of rotatable bonds is 8. The quantitative estimate of drug-likeness (QED) is 0.577. The molecule has 0 aromatic heterocycles. The lowest BCUT2D eigenvalue weighted by Gasteiger charge is -2.38. The van der Waals surface area contributed by atoms with Crippen LogP contribution in [0.2, 0.25) is 0 Å². The van der Waals surface area contributed by atoms with E-state index in [1.54, 1.807) is 4.90 Å². The number of likely N-dealkylation sites (N-methyl/N-ethyl adjacent to an activating group) is 1. The lowest BCUT2D eigenvalue weighted by atomic mass is 9.80. The summed E-state index contributed by atoms with van der Waals surface area (Å²) in [6.07, 6.45) is 0.435. The smallest absolute Gasteiger partial charge is 0.254 e. The van der Waals surface area contributed by atoms with Crippen LogP contribution in [-0.2, 0) is 14.3 Å². The van der Waals surface area contributed by atoms with Crippen LogP contribution in [0.4, 0.5) is 5.69 Å². The molecule has 4 atom stereocenters. The van der Waals surface area contributed by atoms with Gasteiger partial charge in [-0.15, -0.1) is 0 Å². The number of nitrogens with zero attached hydrogens (tertiary/aromatic N) is 3. The summed E-state index contributed by atoms with van der Waals surface area (Å²) in [5.41, 5.74) is 0.982. The van der Waals surface area contributed by atoms with Gasteiger partial charge in [0.1, 0.15) is 18.7 Å². The fraction of sp³-hybridized carbons (Fsp3) is 0.690. The number of nitrogens with one attached hydrogen (secondary N) is 1. The van der Waals surface area contributed by atoms with E-state index < -0.39 is 17.5 Å². The summed E-state index contributed by atoms with van der Waals surface area (Å²) in [6.45, 7) is 17.6. The Morgan fingerprint density at radius 1 is 1.11 bits per heavy atom. The molecule has 0 radical (unpaired) electrons. The standard InChI is InChI=1S/C29H44N4O4/c1-7-29(5,6)26(28(36)33-17-21(19(3)4)25-24(33)23(34)18-37-25)30-27(35)20-11-9-10-12-22(20)32-15-13-31(8-2)14-16-32/h9-12,19,21,24-26H,7-8,13-18H2,1-6H3,(H,30,35)/t21-,24-,25-,26-/m1/s1. The molecule has 0 unspecified atom stereocenters. The summed E-state index contributed by atoms with van der Waals surface area (Å²) in [4.78, 5) is 47.0. The van der Waals surface area contributed by atoms with E-state index >= 15 is 0 Å². The number of para-hydroxylation sites is 1. The third-order valence-corrected chi connectivity index (χ3v) is 8.89. The molecule has 0 bridgehead atoms. The second kappa shape index (κ2) is 11.1. The van der Waals surface area contributed by atoms with Crippen LogP contribution in [0.15, 0.2) is 24.3 Å². The molecule has 0 saturated carbocycles. The number of amides is 2. The first-order chi connectivity index (χ1) is 17.6. The van der Waals surface area contributed by atoms with Gasteiger partial charge in [-0.25, -0.2) is 0 Å². The molecule has 1 N–H and O–H groups in total. The van der Waals surface area contributed by atoms with Crippen LogP contribution in [0.25, 0.3) is 0 Å². The number of carbonyl (C=O) groups is 3. The predicted molar refractivity (Wildman–Crippen MR) is 145 cm³/mol. The number of piperazine rings is 1. The van der Waals surface area contributed by atoms with Crippen molar-refractivity contribution in [2.75, 3.05) is 50.8 Å². The van der Waals surface area contributed by atoms with Crippen molar-refractivity contribution < 1.29 is 19.1 Å². The maximum absolute atomic E-state index is 14.1. The highest BCUT2D eigenvalue weighted by Crippen LogP contribution is 2.38. The number of carbonyl (C=O) groups excluding carboxylic acids is 3. The zero-order valence-electron chi connectivity index (χ0n) is 23.3. The van der Waals surface area contributed by atoms with Gasteiger partial charge >= 0.3 is 0 Å². The highest BCUT2D eigenvalue weighted by atomic mass is 16.5. The van der Waals surface area contributed by atoms with Gasteiger partial charge < -0.3 is 24.8 Å². The number of Topliss-reactive ketones (excluding diaryl/α,β-unsaturated/α-hetero) is 1. The summed E-state index contributed by atoms with van der Waals surface area (Å²) < 4.78 is 5.84. The minimum Gasteiger partial charge on any atom is -0.368 e. The first-order valence-electron chi connectivity index (χ1n) is 13.9. The first kappa shape index (κ1) is 27.6. The molecule has 8 nitrogen and oxygen atoms in total. The van der Waals surface area contributed by atoms with Crippen molar-refractivity contribution in [1.29, 1.82) is 0 Å². The zero-order valence-corrected chi connectivity index (χ0v) is 23.3. The molecule has 3 saturated heterocycles. The summed E-state index contributed by atoms with van der Waals surface area (Å²) in [5.74, 6) is -0.102. The van der Waals surface area contributed by atoms with Crippen molar-refractivity contribution in [1.82, 2.24) is 15.1 Å². The minimum atomic E-state index is -0.755. The Morgan fingerprint density at radius 3 is 2.41 bits per heavy atom. The number of hydrogen-bond acceptors (Lipinski definition) is 6. The van der Waals surface area contributed by atoms with E-state index in [1.165, 1.54) is 0 Å². The number of hydrogen-bond donors (Lipinski definition) is 1. The van der Waals surface area contributed by atoms with Crippen molar-refractivity contribution in [3.8, 4) is 0 Å². The van der Waals surface area contributed by atoms with E-state index in [0.29, 0.717) is 18.5 Å². The second-order valence-electron chi connectivity index (χ2n) is 11.8. The average Bonchev–Trinajstić information content (AvgIpc) is 3.47. The number of ether oxygens (including phenoxy) is 1. The zero-order chi connectivity index (χ0) is 26.9. The molecule has 3 heterocycles. The Labute approximate surface area is 221 Å². The minimum absolute atomic E-state index is 0.0440. The lowest BCUT2D eigenvalue weighted by Crippen LogP contribution is -2.57. The fourth-order valence-corrected chi connectivity index (χ4v) is 5.93. The van der Waals surface area contributed by atoms with Crippen LogP contribution in [0.1, 0.15) is 58.3 Å². The van der Waals surface area contributed by atoms with Gasteiger partial charge in [0.2, 0.25) is 5.91 Å². The monoisotopic (exact) mass is 512 g/mol. The van der Waals surface area contributed by atoms with Crippen molar-refractivity contribution in [3.63, 3.8) is 0 Å². The summed E-state index contributed by atoms with van der Waals surface area (Å²) in [7, 11) is 0. The average molecular weight is 513 g/mol. The molecule has 0 spiro atoms. The van der Waals surface area contributed by atoms with E-state index in [2.05, 4.69) is 35.9 Å². The highest BCUT2D eigenvalue weighted by molar-refractivity contribution is 6.03. The molecule has 3 fully saturated rings. The van der Waals surface area contributed by atoms with Crippen LogP contribution in [0.5, 0.6) is 0 Å². The van der Waals surface area contributed by atoms with E-state index in [9.17, 15) is 14.4 Å². The van der Waals surface area contributed by atoms with Crippen LogP contribution >= 0.6 is 0 Å². The normalized spacial score (nSPS) is 25.5. The van der Waals surface area contributed by atoms with Crippen molar-refractivity contribution in [3.05, 3.63) is 29.8 Å². The molecule has 1 aromatic rings. The molecule has 3 aliphatic heterocycles. The Morgan fingerprint density at radius 2 is 1.78 bits per heavy atom. The predicted octanol–water partition coefficient (Wildman–Crippen LogP) is 2.81. The molecule has 0 aliphatic carbocycles. The Balaban J connectivity index is 1.59. The molecule has 4 rings (SSSR count). The molecule has 3 aliphatic rings. The number of ketones is 1. The van der Waals surface area contributed by atoms with Crippen molar-refractivity contribution in [2.45, 2.75) is 66.2 Å². The summed E-state index contributed by atoms with van der Waals surface area (Å²) >= 11 is 0. The van der Waals surface area contributed by atoms with Gasteiger partial charge in [-0.05, 0) is 36.4 Å². The summed E-state index contributed by atoms with van der Waals surface area (Å²) in [5, 5.41) is 3.12. The Hall–Kier alpha value is -2.45. The lowest BCUT2D eigenvalue weighted by molar-refractivity contribution is -0.140. The molecule has 8 heteroatoms. The third kappa shape index (κ3) is 5.41. The van der Waals surface area contributed by atoms with Crippen LogP contribution < -0.4 is 10.2 Å². The van der Waals surface area contributed by atoms with E-state index in [4.69, 9.17) is 4.74 Å². The van der Waals surface area contributed by atoms with Crippen LogP contribution in [0.3, 0.4) is 0 Å². The first-order valence-corrected chi connectivity index (χ1v) is 13.9. The van der Waals surface area contributed by atoms with Crippen molar-refractivity contribution in [2.24, 2.45) is 17.3 Å². The number of benzene rings is 1. The highest BCUT2D eigenvalue weighted by Gasteiger charge is 2.54. The SMILES string of the molecule is CCN1CCN(c2ccccc2C(=O)N[C@H](C(=O)N2C[C@H](C(C)C)[C@H]3OCC(=O)[C@H]32)C(C)(C)CC)CC1. The van der Waals surface area contributed by atoms with Crippen molar-refractivity contribution >= 4 is 23.3 Å². The van der Waals surface area contributed by atoms with Gasteiger partial charge in [-0.3, -0.25) is 14.4 Å². The van der Waals surface area contributed by atoms with E-state index in [1.807, 2.05) is 45.0 Å². The second-order valence-corrected chi connectivity index (χ2v) is 11.8. The van der Waals surface area contributed by atoms with Gasteiger partial charge in [-0.2, -0.15) is 0 Å². The third-order valence-electron chi connectivity index (χ3n) is 8.89. The molecule has 2 amide bonds. The molecule has 37 heavy (non-hydrogen) atoms. The van der Waals surface area contributed by atoms with Gasteiger partial charge in [0.05, 0.1) is 11.7 Å². The van der Waals surface area contributed by atoms with Crippen LogP contribution in [0, 0.1) is 17.3 Å². The number of anilines is 1. The molecular weight excluding hydrogens is 468 g/mol. The molecule has 1 aromatic carbocycles. The van der Waals surface area contributed by atoms with Gasteiger partial charge in [-0.1, -0.05) is 53.7 Å². The molecular formula is C29H44N4O4. The van der Waals surface area contributed by atoms with E-state index in [-0.39, 0.29) is 42.1 Å². The number of fused-ring (bicyclic) bond motifs is 1. The maximum Gasteiger partial charge on any atom is 0.254 e. The Bertz CT molecular complexity index is 1000. The van der Waals surface area contributed by atoms with Gasteiger partial charge in [0.15, 0.2) is 5.78 Å². The van der Waals surface area contributed by atoms with Gasteiger partial charge in [0, 0.05) is 44.3 Å². The fourth-order valence-electron chi connectivity index (χ4n) is 5.93.